The highest BCUT2D eigenvalue weighted by atomic mass is 35.5. The number of rotatable bonds is 3. The van der Waals surface area contributed by atoms with Gasteiger partial charge in [0.2, 0.25) is 5.91 Å². The van der Waals surface area contributed by atoms with Crippen LogP contribution in [0.15, 0.2) is 18.2 Å². The van der Waals surface area contributed by atoms with Crippen LogP contribution in [0.5, 0.6) is 0 Å². The fourth-order valence-corrected chi connectivity index (χ4v) is 3.08. The van der Waals surface area contributed by atoms with Gasteiger partial charge in [0.15, 0.2) is 0 Å². The Morgan fingerprint density at radius 2 is 1.70 bits per heavy atom. The molecule has 0 spiro atoms. The molecule has 1 aliphatic rings. The number of anilines is 1. The van der Waals surface area contributed by atoms with Gasteiger partial charge in [-0.05, 0) is 44.9 Å². The van der Waals surface area contributed by atoms with Crippen LogP contribution in [0.1, 0.15) is 26.7 Å². The summed E-state index contributed by atoms with van der Waals surface area (Å²) in [5.74, 6) is -0.178. The Labute approximate surface area is 146 Å². The quantitative estimate of drug-likeness (QED) is 0.864. The molecule has 0 bridgehead atoms. The minimum Gasteiger partial charge on any atom is -0.336 e. The van der Waals surface area contributed by atoms with Crippen molar-refractivity contribution < 1.29 is 9.59 Å². The molecule has 126 valence electrons. The number of carbonyl (C=O) groups is 2. The molecule has 0 saturated carbocycles. The minimum absolute atomic E-state index is 0.0627. The highest BCUT2D eigenvalue weighted by Crippen LogP contribution is 2.24. The number of halogens is 2. The van der Waals surface area contributed by atoms with Crippen molar-refractivity contribution in [1.29, 1.82) is 0 Å². The number of likely N-dealkylation sites (tertiary alicyclic amines) is 1. The molecule has 5 nitrogen and oxygen atoms in total. The van der Waals surface area contributed by atoms with Crippen molar-refractivity contribution in [2.24, 2.45) is 5.92 Å². The van der Waals surface area contributed by atoms with Crippen molar-refractivity contribution in [3.63, 3.8) is 0 Å². The Kier molecular flexibility index (Phi) is 6.13. The second kappa shape index (κ2) is 7.88. The van der Waals surface area contributed by atoms with Crippen LogP contribution in [0, 0.1) is 5.92 Å². The lowest BCUT2D eigenvalue weighted by atomic mass is 9.96. The van der Waals surface area contributed by atoms with Crippen LogP contribution in [0.4, 0.5) is 10.5 Å². The lowest BCUT2D eigenvalue weighted by Crippen LogP contribution is -2.47. The first-order chi connectivity index (χ1) is 10.8. The maximum Gasteiger partial charge on any atom is 0.317 e. The predicted octanol–water partition coefficient (Wildman–Crippen LogP) is 3.76. The molecule has 0 atom stereocenters. The molecule has 2 N–H and O–H groups in total. The van der Waals surface area contributed by atoms with Crippen molar-refractivity contribution in [3.8, 4) is 0 Å². The second-order valence-electron chi connectivity index (χ2n) is 6.01. The SMILES string of the molecule is CC(C)NC(=O)N1CCC(C(=O)Nc2cc(Cl)cc(Cl)c2)CC1. The Bertz CT molecular complexity index is 564. The van der Waals surface area contributed by atoms with Gasteiger partial charge in [0, 0.05) is 40.8 Å². The summed E-state index contributed by atoms with van der Waals surface area (Å²) >= 11 is 11.9. The van der Waals surface area contributed by atoms with Crippen LogP contribution in [0.3, 0.4) is 0 Å². The van der Waals surface area contributed by atoms with Crippen LogP contribution in [-0.4, -0.2) is 36.0 Å². The third kappa shape index (κ3) is 5.29. The zero-order chi connectivity index (χ0) is 17.0. The summed E-state index contributed by atoms with van der Waals surface area (Å²) in [7, 11) is 0. The topological polar surface area (TPSA) is 61.4 Å². The fourth-order valence-electron chi connectivity index (χ4n) is 2.55. The van der Waals surface area contributed by atoms with Gasteiger partial charge < -0.3 is 15.5 Å². The molecule has 0 radical (unpaired) electrons. The first-order valence-corrected chi connectivity index (χ1v) is 8.43. The molecule has 1 aliphatic heterocycles. The number of nitrogens with zero attached hydrogens (tertiary/aromatic N) is 1. The molecular weight excluding hydrogens is 337 g/mol. The van der Waals surface area contributed by atoms with Gasteiger partial charge in [-0.25, -0.2) is 4.79 Å². The number of hydrogen-bond donors (Lipinski definition) is 2. The molecule has 7 heteroatoms. The molecule has 3 amide bonds. The van der Waals surface area contributed by atoms with Crippen LogP contribution >= 0.6 is 23.2 Å². The predicted molar refractivity (Wildman–Crippen MR) is 93.1 cm³/mol. The van der Waals surface area contributed by atoms with Gasteiger partial charge in [-0.3, -0.25) is 4.79 Å². The van der Waals surface area contributed by atoms with Gasteiger partial charge >= 0.3 is 6.03 Å². The average Bonchev–Trinajstić information content (AvgIpc) is 2.45. The standard InChI is InChI=1S/C16H21Cl2N3O2/c1-10(2)19-16(23)21-5-3-11(4-6-21)15(22)20-14-8-12(17)7-13(18)9-14/h7-11H,3-6H2,1-2H3,(H,19,23)(H,20,22). The summed E-state index contributed by atoms with van der Waals surface area (Å²) in [4.78, 5) is 26.0. The number of carbonyl (C=O) groups excluding carboxylic acids is 2. The summed E-state index contributed by atoms with van der Waals surface area (Å²) in [5.41, 5.74) is 0.590. The number of urea groups is 1. The van der Waals surface area contributed by atoms with Crippen molar-refractivity contribution >= 4 is 40.8 Å². The maximum atomic E-state index is 12.3. The van der Waals surface area contributed by atoms with Gasteiger partial charge in [0.1, 0.15) is 0 Å². The smallest absolute Gasteiger partial charge is 0.317 e. The average molecular weight is 358 g/mol. The van der Waals surface area contributed by atoms with Gasteiger partial charge in [0.25, 0.3) is 0 Å². The highest BCUT2D eigenvalue weighted by molar-refractivity contribution is 6.35. The second-order valence-corrected chi connectivity index (χ2v) is 6.89. The van der Waals surface area contributed by atoms with Gasteiger partial charge in [0.05, 0.1) is 0 Å². The van der Waals surface area contributed by atoms with Crippen molar-refractivity contribution in [3.05, 3.63) is 28.2 Å². The minimum atomic E-state index is -0.115. The number of amides is 3. The number of benzene rings is 1. The van der Waals surface area contributed by atoms with E-state index in [2.05, 4.69) is 10.6 Å². The van der Waals surface area contributed by atoms with Crippen LogP contribution in [0.25, 0.3) is 0 Å². The van der Waals surface area contributed by atoms with E-state index in [4.69, 9.17) is 23.2 Å². The number of hydrogen-bond acceptors (Lipinski definition) is 2. The monoisotopic (exact) mass is 357 g/mol. The molecular formula is C16H21Cl2N3O2. The molecule has 1 saturated heterocycles. The number of nitrogens with one attached hydrogen (secondary N) is 2. The Hall–Kier alpha value is -1.46. The zero-order valence-electron chi connectivity index (χ0n) is 13.2. The molecule has 0 unspecified atom stereocenters. The van der Waals surface area contributed by atoms with Gasteiger partial charge in [-0.15, -0.1) is 0 Å². The lowest BCUT2D eigenvalue weighted by Gasteiger charge is -2.32. The summed E-state index contributed by atoms with van der Waals surface area (Å²) < 4.78 is 0. The van der Waals surface area contributed by atoms with Crippen molar-refractivity contribution in [2.45, 2.75) is 32.7 Å². The van der Waals surface area contributed by atoms with Crippen LogP contribution in [-0.2, 0) is 4.79 Å². The van der Waals surface area contributed by atoms with E-state index in [-0.39, 0.29) is 23.9 Å². The summed E-state index contributed by atoms with van der Waals surface area (Å²) in [6.07, 6.45) is 1.29. The molecule has 0 aliphatic carbocycles. The zero-order valence-corrected chi connectivity index (χ0v) is 14.7. The fraction of sp³-hybridized carbons (Fsp3) is 0.500. The lowest BCUT2D eigenvalue weighted by molar-refractivity contribution is -0.121. The van der Waals surface area contributed by atoms with E-state index in [0.717, 1.165) is 0 Å². The molecule has 2 rings (SSSR count). The molecule has 1 aromatic rings. The third-order valence-corrected chi connectivity index (χ3v) is 4.13. The largest absolute Gasteiger partial charge is 0.336 e. The Morgan fingerprint density at radius 1 is 1.13 bits per heavy atom. The normalized spacial score (nSPS) is 15.6. The van der Waals surface area contributed by atoms with Crippen LogP contribution in [0.2, 0.25) is 10.0 Å². The van der Waals surface area contributed by atoms with E-state index in [1.807, 2.05) is 13.8 Å². The molecule has 1 aromatic carbocycles. The summed E-state index contributed by atoms with van der Waals surface area (Å²) in [5, 5.41) is 6.67. The van der Waals surface area contributed by atoms with E-state index in [1.54, 1.807) is 23.1 Å². The van der Waals surface area contributed by atoms with Crippen LogP contribution < -0.4 is 10.6 Å². The van der Waals surface area contributed by atoms with Gasteiger partial charge in [-0.1, -0.05) is 23.2 Å². The first-order valence-electron chi connectivity index (χ1n) is 7.67. The Balaban J connectivity index is 1.87. The summed E-state index contributed by atoms with van der Waals surface area (Å²) in [6.45, 7) is 5.00. The van der Waals surface area contributed by atoms with Gasteiger partial charge in [-0.2, -0.15) is 0 Å². The van der Waals surface area contributed by atoms with E-state index >= 15 is 0 Å². The van der Waals surface area contributed by atoms with E-state index in [0.29, 0.717) is 41.7 Å². The van der Waals surface area contributed by atoms with E-state index < -0.39 is 0 Å². The summed E-state index contributed by atoms with van der Waals surface area (Å²) in [6, 6.07) is 4.98. The maximum absolute atomic E-state index is 12.3. The Morgan fingerprint density at radius 3 is 2.22 bits per heavy atom. The van der Waals surface area contributed by atoms with E-state index in [1.165, 1.54) is 0 Å². The molecule has 0 aromatic heterocycles. The molecule has 1 heterocycles. The van der Waals surface area contributed by atoms with Crippen molar-refractivity contribution in [1.82, 2.24) is 10.2 Å². The molecule has 23 heavy (non-hydrogen) atoms. The first kappa shape index (κ1) is 17.9. The number of piperidine rings is 1. The highest BCUT2D eigenvalue weighted by Gasteiger charge is 2.27. The van der Waals surface area contributed by atoms with Crippen molar-refractivity contribution in [2.75, 3.05) is 18.4 Å². The third-order valence-electron chi connectivity index (χ3n) is 3.70. The molecule has 1 fully saturated rings. The van der Waals surface area contributed by atoms with E-state index in [9.17, 15) is 9.59 Å².